The molecular weight excluding hydrogens is 238 g/mol. The summed E-state index contributed by atoms with van der Waals surface area (Å²) in [6, 6.07) is 10.1. The van der Waals surface area contributed by atoms with Gasteiger partial charge in [0.15, 0.2) is 11.5 Å². The maximum atomic E-state index is 10.3. The van der Waals surface area contributed by atoms with Gasteiger partial charge in [0.2, 0.25) is 0 Å². The van der Waals surface area contributed by atoms with Crippen LogP contribution in [0.3, 0.4) is 0 Å². The van der Waals surface area contributed by atoms with Crippen LogP contribution in [0.4, 0.5) is 0 Å². The largest absolute Gasteiger partial charge is 0.504 e. The minimum Gasteiger partial charge on any atom is -0.504 e. The summed E-state index contributed by atoms with van der Waals surface area (Å²) in [5.41, 5.74) is 5.41. The van der Waals surface area contributed by atoms with Crippen molar-refractivity contribution in [3.05, 3.63) is 47.0 Å². The summed E-state index contributed by atoms with van der Waals surface area (Å²) < 4.78 is 0. The van der Waals surface area contributed by atoms with Crippen molar-refractivity contribution in [3.8, 4) is 22.6 Å². The van der Waals surface area contributed by atoms with Crippen LogP contribution in [-0.4, -0.2) is 16.8 Å². The van der Waals surface area contributed by atoms with Crippen molar-refractivity contribution in [2.45, 2.75) is 18.9 Å². The third-order valence-corrected chi connectivity index (χ3v) is 4.25. The van der Waals surface area contributed by atoms with Gasteiger partial charge in [-0.3, -0.25) is 0 Å². The van der Waals surface area contributed by atoms with Crippen molar-refractivity contribution in [2.75, 3.05) is 6.54 Å². The van der Waals surface area contributed by atoms with Crippen LogP contribution in [0.2, 0.25) is 0 Å². The maximum absolute atomic E-state index is 10.3. The fourth-order valence-electron chi connectivity index (χ4n) is 3.42. The minimum atomic E-state index is -0.00824. The first-order valence-electron chi connectivity index (χ1n) is 6.65. The molecule has 2 aromatic carbocycles. The van der Waals surface area contributed by atoms with Crippen LogP contribution in [-0.2, 0) is 12.8 Å². The van der Waals surface area contributed by atoms with Crippen LogP contribution in [0.5, 0.6) is 11.5 Å². The molecule has 0 spiro atoms. The predicted octanol–water partition coefficient (Wildman–Crippen LogP) is 2.51. The first-order valence-corrected chi connectivity index (χ1v) is 6.65. The standard InChI is InChI=1S/C16H15NO2/c18-13-8-10-5-6-17-12-7-9-3-1-2-4-11(9)15(14(10)12)16(13)19/h1-4,8,12,17-19H,5-7H2/t12-/m1/s1. The zero-order valence-corrected chi connectivity index (χ0v) is 10.5. The number of fused-ring (bicyclic) bond motifs is 2. The van der Waals surface area contributed by atoms with Crippen LogP contribution >= 0.6 is 0 Å². The molecule has 0 saturated heterocycles. The zero-order valence-electron chi connectivity index (χ0n) is 10.5. The second kappa shape index (κ2) is 3.75. The Balaban J connectivity index is 2.11. The highest BCUT2D eigenvalue weighted by molar-refractivity contribution is 5.82. The molecule has 0 aromatic heterocycles. The Hall–Kier alpha value is -2.00. The predicted molar refractivity (Wildman–Crippen MR) is 73.4 cm³/mol. The van der Waals surface area contributed by atoms with Gasteiger partial charge in [0, 0.05) is 11.6 Å². The third kappa shape index (κ3) is 1.42. The topological polar surface area (TPSA) is 52.5 Å². The van der Waals surface area contributed by atoms with E-state index in [1.165, 1.54) is 11.1 Å². The first kappa shape index (κ1) is 10.9. The van der Waals surface area contributed by atoms with E-state index >= 15 is 0 Å². The molecule has 2 aliphatic rings. The van der Waals surface area contributed by atoms with Crippen LogP contribution in [0.15, 0.2) is 30.3 Å². The van der Waals surface area contributed by atoms with E-state index in [4.69, 9.17) is 0 Å². The minimum absolute atomic E-state index is 0.00824. The number of hydrogen-bond acceptors (Lipinski definition) is 3. The Bertz CT molecular complexity index is 679. The third-order valence-electron chi connectivity index (χ3n) is 4.25. The van der Waals surface area contributed by atoms with Gasteiger partial charge in [0.1, 0.15) is 0 Å². The van der Waals surface area contributed by atoms with Gasteiger partial charge in [-0.2, -0.15) is 0 Å². The average Bonchev–Trinajstić information content (AvgIpc) is 2.43. The number of aromatic hydroxyl groups is 2. The Morgan fingerprint density at radius 3 is 2.84 bits per heavy atom. The van der Waals surface area contributed by atoms with Gasteiger partial charge in [-0.05, 0) is 47.7 Å². The molecule has 0 unspecified atom stereocenters. The van der Waals surface area contributed by atoms with Gasteiger partial charge in [0.05, 0.1) is 0 Å². The Labute approximate surface area is 111 Å². The SMILES string of the molecule is Oc1cc2c3c(c1O)-c1ccccc1C[C@H]3NCC2. The molecule has 96 valence electrons. The fourth-order valence-corrected chi connectivity index (χ4v) is 3.42. The van der Waals surface area contributed by atoms with Gasteiger partial charge in [-0.15, -0.1) is 0 Å². The Morgan fingerprint density at radius 2 is 1.95 bits per heavy atom. The lowest BCUT2D eigenvalue weighted by Crippen LogP contribution is -2.33. The van der Waals surface area contributed by atoms with Crippen molar-refractivity contribution in [1.82, 2.24) is 5.32 Å². The van der Waals surface area contributed by atoms with Gasteiger partial charge in [-0.1, -0.05) is 24.3 Å². The molecule has 0 fully saturated rings. The van der Waals surface area contributed by atoms with E-state index in [1.807, 2.05) is 18.2 Å². The van der Waals surface area contributed by atoms with Crippen molar-refractivity contribution in [2.24, 2.45) is 0 Å². The normalized spacial score (nSPS) is 19.7. The summed E-state index contributed by atoms with van der Waals surface area (Å²) in [6.07, 6.45) is 1.84. The molecule has 4 rings (SSSR count). The van der Waals surface area contributed by atoms with E-state index in [-0.39, 0.29) is 17.5 Å². The number of benzene rings is 2. The monoisotopic (exact) mass is 253 g/mol. The van der Waals surface area contributed by atoms with E-state index in [0.29, 0.717) is 0 Å². The molecule has 2 aromatic rings. The lowest BCUT2D eigenvalue weighted by Gasteiger charge is -2.34. The van der Waals surface area contributed by atoms with Crippen molar-refractivity contribution < 1.29 is 10.2 Å². The van der Waals surface area contributed by atoms with Crippen LogP contribution in [0.1, 0.15) is 22.7 Å². The molecule has 0 saturated carbocycles. The summed E-state index contributed by atoms with van der Waals surface area (Å²) in [7, 11) is 0. The zero-order chi connectivity index (χ0) is 13.0. The molecule has 19 heavy (non-hydrogen) atoms. The fraction of sp³-hybridized carbons (Fsp3) is 0.250. The van der Waals surface area contributed by atoms with Crippen molar-refractivity contribution in [3.63, 3.8) is 0 Å². The second-order valence-electron chi connectivity index (χ2n) is 5.31. The van der Waals surface area contributed by atoms with E-state index < -0.39 is 0 Å². The number of nitrogens with one attached hydrogen (secondary N) is 1. The second-order valence-corrected chi connectivity index (χ2v) is 5.31. The number of hydrogen-bond donors (Lipinski definition) is 3. The summed E-state index contributed by atoms with van der Waals surface area (Å²) in [5.74, 6) is 0.00528. The Kier molecular flexibility index (Phi) is 2.15. The lowest BCUT2D eigenvalue weighted by atomic mass is 9.77. The van der Waals surface area contributed by atoms with Gasteiger partial charge >= 0.3 is 0 Å². The van der Waals surface area contributed by atoms with Crippen LogP contribution < -0.4 is 5.32 Å². The summed E-state index contributed by atoms with van der Waals surface area (Å²) in [4.78, 5) is 0. The highest BCUT2D eigenvalue weighted by Gasteiger charge is 2.32. The molecule has 1 aliphatic carbocycles. The van der Waals surface area contributed by atoms with Gasteiger partial charge < -0.3 is 15.5 Å². The smallest absolute Gasteiger partial charge is 0.165 e. The highest BCUT2D eigenvalue weighted by atomic mass is 16.3. The van der Waals surface area contributed by atoms with Crippen LogP contribution in [0.25, 0.3) is 11.1 Å². The van der Waals surface area contributed by atoms with Crippen LogP contribution in [0, 0.1) is 0 Å². The van der Waals surface area contributed by atoms with E-state index in [1.54, 1.807) is 6.07 Å². The van der Waals surface area contributed by atoms with Crippen molar-refractivity contribution >= 4 is 0 Å². The average molecular weight is 253 g/mol. The summed E-state index contributed by atoms with van der Waals surface area (Å²) in [6.45, 7) is 0.920. The first-order chi connectivity index (χ1) is 9.25. The number of phenols is 2. The quantitative estimate of drug-likeness (QED) is 0.632. The molecule has 1 aliphatic heterocycles. The molecular formula is C16H15NO2. The van der Waals surface area contributed by atoms with Gasteiger partial charge in [0.25, 0.3) is 0 Å². The lowest BCUT2D eigenvalue weighted by molar-refractivity contribution is 0.399. The highest BCUT2D eigenvalue weighted by Crippen LogP contribution is 2.49. The van der Waals surface area contributed by atoms with E-state index in [9.17, 15) is 10.2 Å². The number of phenolic OH excluding ortho intramolecular Hbond substituents is 2. The summed E-state index contributed by atoms with van der Waals surface area (Å²) >= 11 is 0. The molecule has 0 amide bonds. The molecule has 3 nitrogen and oxygen atoms in total. The molecule has 1 heterocycles. The van der Waals surface area contributed by atoms with E-state index in [2.05, 4.69) is 11.4 Å². The maximum Gasteiger partial charge on any atom is 0.165 e. The van der Waals surface area contributed by atoms with E-state index in [0.717, 1.165) is 36.1 Å². The van der Waals surface area contributed by atoms with Crippen molar-refractivity contribution in [1.29, 1.82) is 0 Å². The summed E-state index contributed by atoms with van der Waals surface area (Å²) in [5, 5.41) is 23.7. The number of rotatable bonds is 0. The molecule has 0 radical (unpaired) electrons. The Morgan fingerprint density at radius 1 is 1.11 bits per heavy atom. The molecule has 0 bridgehead atoms. The molecule has 3 N–H and O–H groups in total. The van der Waals surface area contributed by atoms with Gasteiger partial charge in [-0.25, -0.2) is 0 Å². The molecule has 3 heteroatoms. The molecule has 1 atom stereocenters.